The van der Waals surface area contributed by atoms with Crippen LogP contribution in [-0.4, -0.2) is 21.9 Å². The molecule has 8 heteroatoms. The first-order chi connectivity index (χ1) is 5.63. The van der Waals surface area contributed by atoms with E-state index in [1.54, 1.807) is 0 Å². The summed E-state index contributed by atoms with van der Waals surface area (Å²) >= 11 is 0. The predicted molar refractivity (Wildman–Crippen MR) is 30.7 cm³/mol. The molecule has 0 spiro atoms. The van der Waals surface area contributed by atoms with E-state index in [1.807, 2.05) is 0 Å². The van der Waals surface area contributed by atoms with Gasteiger partial charge in [0.15, 0.2) is 0 Å². The van der Waals surface area contributed by atoms with Crippen LogP contribution in [0.25, 0.3) is 0 Å². The molecule has 1 rings (SSSR count). The number of aromatic nitrogens is 2. The molecule has 0 fully saturated rings. The number of nitrogens with zero attached hydrogens (tertiary/aromatic N) is 2. The molecule has 0 atom stereocenters. The van der Waals surface area contributed by atoms with Crippen molar-refractivity contribution in [2.24, 2.45) is 0 Å². The maximum absolute atomic E-state index is 10.2. The quantitative estimate of drug-likeness (QED) is 0.531. The first-order valence-electron chi connectivity index (χ1n) is 2.86. The molecule has 0 aromatic carbocycles. The summed E-state index contributed by atoms with van der Waals surface area (Å²) in [7, 11) is 0. The van der Waals surface area contributed by atoms with Crippen molar-refractivity contribution in [2.45, 2.75) is 0 Å². The van der Waals surface area contributed by atoms with Gasteiger partial charge < -0.3 is 19.8 Å². The van der Waals surface area contributed by atoms with Crippen molar-refractivity contribution >= 4 is 11.9 Å². The minimum atomic E-state index is -1.69. The van der Waals surface area contributed by atoms with Gasteiger partial charge in [-0.2, -0.15) is 0 Å². The van der Waals surface area contributed by atoms with E-state index in [9.17, 15) is 19.8 Å². The second-order valence-electron chi connectivity index (χ2n) is 1.83. The fourth-order valence-corrected chi connectivity index (χ4v) is 0.637. The Morgan fingerprint density at radius 3 is 1.43 bits per heavy atom. The standard InChI is InChI=1S/C6H4N2O4.2Rb/c9-5(10)3-4(6(11)12)8-2-1-7-3;;/h1-2H,(H,9,10)(H,11,12);;/q;2*+1/p-2. The monoisotopic (exact) mass is 336 g/mol. The number of carbonyl (C=O) groups excluding carboxylic acids is 2. The molecule has 0 unspecified atom stereocenters. The van der Waals surface area contributed by atoms with Crippen molar-refractivity contribution in [2.75, 3.05) is 0 Å². The van der Waals surface area contributed by atoms with E-state index < -0.39 is 23.3 Å². The van der Waals surface area contributed by atoms with Gasteiger partial charge in [0, 0.05) is 12.4 Å². The Hall–Kier alpha value is 1.63. The molecule has 0 aliphatic heterocycles. The molecule has 0 bridgehead atoms. The van der Waals surface area contributed by atoms with Gasteiger partial charge in [-0.15, -0.1) is 0 Å². The molecular weight excluding hydrogens is 335 g/mol. The van der Waals surface area contributed by atoms with E-state index in [1.165, 1.54) is 0 Å². The van der Waals surface area contributed by atoms with E-state index in [-0.39, 0.29) is 116 Å². The number of carbonyl (C=O) groups is 2. The van der Waals surface area contributed by atoms with Crippen molar-refractivity contribution in [1.82, 2.24) is 9.97 Å². The van der Waals surface area contributed by atoms with Crippen molar-refractivity contribution in [3.63, 3.8) is 0 Å². The molecule has 1 aromatic rings. The molecule has 1 aromatic heterocycles. The van der Waals surface area contributed by atoms with Gasteiger partial charge in [0.2, 0.25) is 0 Å². The summed E-state index contributed by atoms with van der Waals surface area (Å²) in [4.78, 5) is 27.0. The van der Waals surface area contributed by atoms with Crippen LogP contribution in [0.4, 0.5) is 0 Å². The van der Waals surface area contributed by atoms with Crippen LogP contribution in [0.15, 0.2) is 12.4 Å². The van der Waals surface area contributed by atoms with Crippen molar-refractivity contribution in [1.29, 1.82) is 0 Å². The predicted octanol–water partition coefficient (Wildman–Crippen LogP) is -8.79. The summed E-state index contributed by atoms with van der Waals surface area (Å²) < 4.78 is 0. The van der Waals surface area contributed by atoms with E-state index >= 15 is 0 Å². The molecule has 6 nitrogen and oxygen atoms in total. The summed E-state index contributed by atoms with van der Waals surface area (Å²) in [6.45, 7) is 0. The van der Waals surface area contributed by atoms with Crippen LogP contribution in [0.1, 0.15) is 21.0 Å². The summed E-state index contributed by atoms with van der Waals surface area (Å²) in [5.41, 5.74) is -1.45. The number of aromatic carboxylic acids is 2. The average molecular weight is 337 g/mol. The number of hydrogen-bond acceptors (Lipinski definition) is 6. The third-order valence-electron chi connectivity index (χ3n) is 1.08. The van der Waals surface area contributed by atoms with E-state index in [2.05, 4.69) is 9.97 Å². The summed E-state index contributed by atoms with van der Waals surface area (Å²) in [5, 5.41) is 20.4. The molecule has 62 valence electrons. The van der Waals surface area contributed by atoms with E-state index in [0.717, 1.165) is 12.4 Å². The van der Waals surface area contributed by atoms with Crippen molar-refractivity contribution in [3.8, 4) is 0 Å². The third-order valence-corrected chi connectivity index (χ3v) is 1.08. The van der Waals surface area contributed by atoms with Crippen LogP contribution in [0.2, 0.25) is 0 Å². The van der Waals surface area contributed by atoms with Gasteiger partial charge in [0.1, 0.15) is 11.4 Å². The van der Waals surface area contributed by atoms with Gasteiger partial charge in [0.25, 0.3) is 0 Å². The molecule has 0 saturated carbocycles. The second-order valence-corrected chi connectivity index (χ2v) is 1.83. The Labute approximate surface area is 177 Å². The van der Waals surface area contributed by atoms with Crippen LogP contribution >= 0.6 is 0 Å². The molecule has 0 radical (unpaired) electrons. The zero-order valence-corrected chi connectivity index (χ0v) is 17.5. The Balaban J connectivity index is 0. The minimum Gasteiger partial charge on any atom is -0.543 e. The molecular formula is C6H2N2O4Rb2. The first-order valence-corrected chi connectivity index (χ1v) is 2.86. The van der Waals surface area contributed by atoms with Gasteiger partial charge in [-0.3, -0.25) is 9.97 Å². The third kappa shape index (κ3) is 5.11. The van der Waals surface area contributed by atoms with Gasteiger partial charge >= 0.3 is 116 Å². The average Bonchev–Trinajstić information content (AvgIpc) is 2.04. The van der Waals surface area contributed by atoms with Crippen molar-refractivity contribution < 1.29 is 136 Å². The maximum atomic E-state index is 10.2. The van der Waals surface area contributed by atoms with Crippen LogP contribution in [0.3, 0.4) is 0 Å². The molecule has 0 aliphatic carbocycles. The molecule has 0 aliphatic rings. The first kappa shape index (κ1) is 18.0. The molecule has 0 saturated heterocycles. The second kappa shape index (κ2) is 8.74. The van der Waals surface area contributed by atoms with Crippen LogP contribution in [0.5, 0.6) is 0 Å². The van der Waals surface area contributed by atoms with Crippen LogP contribution < -0.4 is 127 Å². The van der Waals surface area contributed by atoms with Crippen LogP contribution in [-0.2, 0) is 0 Å². The summed E-state index contributed by atoms with van der Waals surface area (Å²) in [6.07, 6.45) is 2.11. The van der Waals surface area contributed by atoms with Gasteiger partial charge in [-0.25, -0.2) is 0 Å². The van der Waals surface area contributed by atoms with Gasteiger partial charge in [-0.1, -0.05) is 0 Å². The Bertz CT molecular complexity index is 311. The molecule has 14 heavy (non-hydrogen) atoms. The molecule has 1 heterocycles. The fourth-order valence-electron chi connectivity index (χ4n) is 0.637. The zero-order chi connectivity index (χ0) is 9.14. The number of carboxylic acid groups (broad SMARTS) is 2. The summed E-state index contributed by atoms with van der Waals surface area (Å²) in [6, 6.07) is 0. The smallest absolute Gasteiger partial charge is 0.543 e. The minimum absolute atomic E-state index is 0. The maximum Gasteiger partial charge on any atom is 1.00 e. The van der Waals surface area contributed by atoms with E-state index in [0.29, 0.717) is 0 Å². The normalized spacial score (nSPS) is 8.00. The number of hydrogen-bond donors (Lipinski definition) is 0. The molecule has 0 N–H and O–H groups in total. The Morgan fingerprint density at radius 1 is 0.929 bits per heavy atom. The zero-order valence-electron chi connectivity index (χ0n) is 7.68. The Kier molecular flexibility index (Phi) is 11.2. The Morgan fingerprint density at radius 2 is 1.21 bits per heavy atom. The number of rotatable bonds is 2. The largest absolute Gasteiger partial charge is 1.00 e. The van der Waals surface area contributed by atoms with Crippen molar-refractivity contribution in [3.05, 3.63) is 23.8 Å². The topological polar surface area (TPSA) is 106 Å². The molecule has 0 amide bonds. The van der Waals surface area contributed by atoms with Gasteiger partial charge in [-0.05, 0) is 0 Å². The number of carboxylic acids is 2. The van der Waals surface area contributed by atoms with E-state index in [4.69, 9.17) is 0 Å². The summed E-state index contributed by atoms with van der Waals surface area (Å²) in [5.74, 6) is -3.38. The van der Waals surface area contributed by atoms with Gasteiger partial charge in [0.05, 0.1) is 11.9 Å². The fraction of sp³-hybridized carbons (Fsp3) is 0. The SMILES string of the molecule is O=C([O-])c1nccnc1C(=O)[O-].[Rb+].[Rb+]. The van der Waals surface area contributed by atoms with Crippen LogP contribution in [0, 0.1) is 0 Å².